The summed E-state index contributed by atoms with van der Waals surface area (Å²) in [4.78, 5) is 2.60. The predicted octanol–water partition coefficient (Wildman–Crippen LogP) is 2.82. The number of aromatic nitrogens is 2. The van der Waals surface area contributed by atoms with Gasteiger partial charge in [0, 0.05) is 24.5 Å². The molecule has 3 rings (SSSR count). The van der Waals surface area contributed by atoms with Crippen LogP contribution in [0.25, 0.3) is 10.9 Å². The van der Waals surface area contributed by atoms with Crippen molar-refractivity contribution in [3.05, 3.63) is 18.3 Å². The molecule has 1 aromatic heterocycles. The molecule has 1 fully saturated rings. The Kier molecular flexibility index (Phi) is 4.29. The third-order valence-corrected chi connectivity index (χ3v) is 4.49. The summed E-state index contributed by atoms with van der Waals surface area (Å²) in [6.07, 6.45) is 7.02. The molecule has 0 bridgehead atoms. The monoisotopic (exact) mass is 287 g/mol. The highest BCUT2D eigenvalue weighted by Crippen LogP contribution is 2.24. The number of nitrogen functional groups attached to an aromatic ring is 1. The number of rotatable bonds is 5. The van der Waals surface area contributed by atoms with Crippen LogP contribution in [0.5, 0.6) is 0 Å². The van der Waals surface area contributed by atoms with Crippen molar-refractivity contribution < 1.29 is 0 Å². The maximum absolute atomic E-state index is 6.08. The third-order valence-electron chi connectivity index (χ3n) is 4.49. The molecule has 4 N–H and O–H groups in total. The fourth-order valence-corrected chi connectivity index (χ4v) is 3.16. The van der Waals surface area contributed by atoms with Gasteiger partial charge in [0.15, 0.2) is 0 Å². The van der Waals surface area contributed by atoms with E-state index in [4.69, 9.17) is 5.73 Å². The number of nitrogens with zero attached hydrogens (tertiary/aromatic N) is 2. The van der Waals surface area contributed by atoms with Gasteiger partial charge in [-0.2, -0.15) is 5.10 Å². The number of hydrogen-bond acceptors (Lipinski definition) is 4. The molecule has 1 atom stereocenters. The Morgan fingerprint density at radius 1 is 1.43 bits per heavy atom. The van der Waals surface area contributed by atoms with Crippen molar-refractivity contribution >= 4 is 22.3 Å². The average Bonchev–Trinajstić information content (AvgIpc) is 2.92. The van der Waals surface area contributed by atoms with E-state index in [-0.39, 0.29) is 0 Å². The third kappa shape index (κ3) is 3.29. The van der Waals surface area contributed by atoms with E-state index in [2.05, 4.69) is 27.3 Å². The molecule has 114 valence electrons. The Labute approximate surface area is 125 Å². The summed E-state index contributed by atoms with van der Waals surface area (Å²) in [6, 6.07) is 4.75. The highest BCUT2D eigenvalue weighted by molar-refractivity contribution is 5.88. The summed E-state index contributed by atoms with van der Waals surface area (Å²) in [5.74, 6) is 0. The van der Waals surface area contributed by atoms with Crippen LogP contribution in [0.1, 0.15) is 32.6 Å². The highest BCUT2D eigenvalue weighted by atomic mass is 15.2. The van der Waals surface area contributed by atoms with E-state index < -0.39 is 0 Å². The minimum atomic E-state index is 0.741. The van der Waals surface area contributed by atoms with E-state index in [0.717, 1.165) is 41.3 Å². The van der Waals surface area contributed by atoms with Crippen LogP contribution in [-0.4, -0.2) is 40.8 Å². The first-order valence-corrected chi connectivity index (χ1v) is 7.94. The van der Waals surface area contributed by atoms with E-state index in [1.165, 1.54) is 32.4 Å². The molecule has 0 radical (unpaired) electrons. The smallest absolute Gasteiger partial charge is 0.0672 e. The molecule has 5 nitrogen and oxygen atoms in total. The van der Waals surface area contributed by atoms with Crippen LogP contribution in [0.4, 0.5) is 11.4 Å². The summed E-state index contributed by atoms with van der Waals surface area (Å²) in [5, 5.41) is 11.5. The first kappa shape index (κ1) is 14.2. The fraction of sp³-hybridized carbons (Fsp3) is 0.562. The normalized spacial score (nSPS) is 20.0. The summed E-state index contributed by atoms with van der Waals surface area (Å²) in [5.41, 5.74) is 8.89. The van der Waals surface area contributed by atoms with E-state index in [1.54, 1.807) is 6.20 Å². The van der Waals surface area contributed by atoms with Crippen LogP contribution < -0.4 is 11.1 Å². The number of nitrogens with two attached hydrogens (primary N) is 1. The SMILES string of the molecule is CC1CCCCN1CCCNc1cc2[nH]ncc2cc1N. The van der Waals surface area contributed by atoms with Crippen molar-refractivity contribution in [2.24, 2.45) is 0 Å². The van der Waals surface area contributed by atoms with Gasteiger partial charge in [0.25, 0.3) is 0 Å². The van der Waals surface area contributed by atoms with Gasteiger partial charge in [0.05, 0.1) is 23.1 Å². The summed E-state index contributed by atoms with van der Waals surface area (Å²) in [7, 11) is 0. The van der Waals surface area contributed by atoms with Crippen molar-refractivity contribution in [2.75, 3.05) is 30.7 Å². The highest BCUT2D eigenvalue weighted by Gasteiger charge is 2.17. The summed E-state index contributed by atoms with van der Waals surface area (Å²) in [6.45, 7) is 5.72. The van der Waals surface area contributed by atoms with Gasteiger partial charge in [0.2, 0.25) is 0 Å². The lowest BCUT2D eigenvalue weighted by Gasteiger charge is -2.33. The van der Waals surface area contributed by atoms with Crippen molar-refractivity contribution in [2.45, 2.75) is 38.6 Å². The van der Waals surface area contributed by atoms with Crippen LogP contribution >= 0.6 is 0 Å². The van der Waals surface area contributed by atoms with E-state index in [9.17, 15) is 0 Å². The lowest BCUT2D eigenvalue weighted by Crippen LogP contribution is -2.38. The zero-order valence-electron chi connectivity index (χ0n) is 12.7. The summed E-state index contributed by atoms with van der Waals surface area (Å²) >= 11 is 0. The van der Waals surface area contributed by atoms with Crippen LogP contribution in [0.3, 0.4) is 0 Å². The molecule has 0 saturated carbocycles. The van der Waals surface area contributed by atoms with Crippen LogP contribution in [-0.2, 0) is 0 Å². The Hall–Kier alpha value is -1.75. The Balaban J connectivity index is 1.51. The van der Waals surface area contributed by atoms with Crippen molar-refractivity contribution in [3.63, 3.8) is 0 Å². The molecule has 1 saturated heterocycles. The maximum atomic E-state index is 6.08. The van der Waals surface area contributed by atoms with Gasteiger partial charge in [0.1, 0.15) is 0 Å². The number of fused-ring (bicyclic) bond motifs is 1. The van der Waals surface area contributed by atoms with Gasteiger partial charge in [-0.3, -0.25) is 5.10 Å². The van der Waals surface area contributed by atoms with Crippen LogP contribution in [0, 0.1) is 0 Å². The quantitative estimate of drug-likeness (QED) is 0.584. The van der Waals surface area contributed by atoms with Gasteiger partial charge in [-0.25, -0.2) is 0 Å². The van der Waals surface area contributed by atoms with Crippen molar-refractivity contribution in [1.29, 1.82) is 0 Å². The Morgan fingerprint density at radius 2 is 2.33 bits per heavy atom. The molecule has 1 aliphatic heterocycles. The van der Waals surface area contributed by atoms with Crippen LogP contribution in [0.15, 0.2) is 18.3 Å². The topological polar surface area (TPSA) is 70.0 Å². The molecule has 21 heavy (non-hydrogen) atoms. The molecule has 1 aliphatic rings. The molecule has 0 spiro atoms. The fourth-order valence-electron chi connectivity index (χ4n) is 3.16. The second kappa shape index (κ2) is 6.35. The van der Waals surface area contributed by atoms with E-state index >= 15 is 0 Å². The van der Waals surface area contributed by atoms with E-state index in [0.29, 0.717) is 0 Å². The minimum absolute atomic E-state index is 0.741. The first-order chi connectivity index (χ1) is 10.2. The Bertz CT molecular complexity index is 591. The van der Waals surface area contributed by atoms with Gasteiger partial charge in [-0.15, -0.1) is 0 Å². The number of anilines is 2. The number of likely N-dealkylation sites (tertiary alicyclic amines) is 1. The second-order valence-electron chi connectivity index (χ2n) is 6.06. The number of piperidine rings is 1. The number of benzene rings is 1. The van der Waals surface area contributed by atoms with Crippen LogP contribution in [0.2, 0.25) is 0 Å². The molecule has 0 amide bonds. The van der Waals surface area contributed by atoms with Gasteiger partial charge < -0.3 is 16.0 Å². The molecular weight excluding hydrogens is 262 g/mol. The number of nitrogens with one attached hydrogen (secondary N) is 2. The van der Waals surface area contributed by atoms with Crippen molar-refractivity contribution in [3.8, 4) is 0 Å². The molecular formula is C16H25N5. The maximum Gasteiger partial charge on any atom is 0.0672 e. The zero-order chi connectivity index (χ0) is 14.7. The molecule has 1 unspecified atom stereocenters. The first-order valence-electron chi connectivity index (χ1n) is 7.94. The molecule has 1 aromatic carbocycles. The Morgan fingerprint density at radius 3 is 3.19 bits per heavy atom. The largest absolute Gasteiger partial charge is 0.397 e. The van der Waals surface area contributed by atoms with Gasteiger partial charge in [-0.1, -0.05) is 6.42 Å². The number of hydrogen-bond donors (Lipinski definition) is 3. The molecule has 2 aromatic rings. The summed E-state index contributed by atoms with van der Waals surface area (Å²) < 4.78 is 0. The number of H-pyrrole nitrogens is 1. The minimum Gasteiger partial charge on any atom is -0.397 e. The predicted molar refractivity (Wildman–Crippen MR) is 88.5 cm³/mol. The standard InChI is InChI=1S/C16H25N5/c1-12-5-2-3-7-21(12)8-4-6-18-16-10-15-13(9-14(16)17)11-19-20-15/h9-12,18H,2-8,17H2,1H3,(H,19,20). The lowest BCUT2D eigenvalue weighted by atomic mass is 10.0. The lowest BCUT2D eigenvalue weighted by molar-refractivity contribution is 0.160. The molecule has 0 aliphatic carbocycles. The number of aromatic amines is 1. The zero-order valence-corrected chi connectivity index (χ0v) is 12.7. The van der Waals surface area contributed by atoms with E-state index in [1.807, 2.05) is 12.1 Å². The molecule has 5 heteroatoms. The average molecular weight is 287 g/mol. The van der Waals surface area contributed by atoms with Gasteiger partial charge >= 0.3 is 0 Å². The van der Waals surface area contributed by atoms with Gasteiger partial charge in [-0.05, 0) is 44.9 Å². The molecule has 2 heterocycles. The second-order valence-corrected chi connectivity index (χ2v) is 6.06. The van der Waals surface area contributed by atoms with Crippen molar-refractivity contribution in [1.82, 2.24) is 15.1 Å².